The monoisotopic (exact) mass is 326 g/mol. The minimum absolute atomic E-state index is 0.0129. The summed E-state index contributed by atoms with van der Waals surface area (Å²) in [6, 6.07) is 9.27. The molecule has 0 radical (unpaired) electrons. The lowest BCUT2D eigenvalue weighted by atomic mass is 10.1. The Balaban J connectivity index is 1.52. The van der Waals surface area contributed by atoms with Gasteiger partial charge in [-0.1, -0.05) is 26.0 Å². The van der Waals surface area contributed by atoms with Gasteiger partial charge in [-0.15, -0.1) is 0 Å². The highest BCUT2D eigenvalue weighted by molar-refractivity contribution is 5.92. The average molecular weight is 326 g/mol. The summed E-state index contributed by atoms with van der Waals surface area (Å²) in [4.78, 5) is 23.8. The number of aromatic nitrogens is 2. The molecule has 3 rings (SSSR count). The first-order valence-electron chi connectivity index (χ1n) is 8.26. The molecule has 6 heteroatoms. The number of rotatable bonds is 6. The molecule has 0 unspecified atom stereocenters. The van der Waals surface area contributed by atoms with Crippen LogP contribution in [-0.2, 0) is 11.3 Å². The number of hydrogen-bond acceptors (Lipinski definition) is 3. The summed E-state index contributed by atoms with van der Waals surface area (Å²) in [7, 11) is 0. The zero-order valence-corrected chi connectivity index (χ0v) is 13.9. The smallest absolute Gasteiger partial charge is 0.272 e. The first kappa shape index (κ1) is 16.2. The highest BCUT2D eigenvalue weighted by Gasteiger charge is 2.26. The molecular weight excluding hydrogens is 304 g/mol. The topological polar surface area (TPSA) is 86.9 Å². The Hall–Kier alpha value is -2.63. The third-order valence-corrected chi connectivity index (χ3v) is 4.05. The van der Waals surface area contributed by atoms with E-state index in [1.807, 2.05) is 44.2 Å². The Bertz CT molecular complexity index is 730. The number of hydrogen-bond donors (Lipinski definition) is 3. The number of anilines is 1. The highest BCUT2D eigenvalue weighted by atomic mass is 16.2. The number of aromatic amines is 1. The minimum atomic E-state index is -0.185. The molecule has 1 aromatic carbocycles. The van der Waals surface area contributed by atoms with E-state index in [9.17, 15) is 9.59 Å². The van der Waals surface area contributed by atoms with E-state index in [2.05, 4.69) is 20.8 Å². The van der Waals surface area contributed by atoms with E-state index in [4.69, 9.17) is 0 Å². The molecule has 3 N–H and O–H groups in total. The molecule has 1 fully saturated rings. The summed E-state index contributed by atoms with van der Waals surface area (Å²) in [6.45, 7) is 4.12. The van der Waals surface area contributed by atoms with Gasteiger partial charge in [0.25, 0.3) is 5.91 Å². The van der Waals surface area contributed by atoms with Crippen LogP contribution in [0.1, 0.15) is 54.4 Å². The van der Waals surface area contributed by atoms with Crippen molar-refractivity contribution in [2.75, 3.05) is 5.32 Å². The first-order chi connectivity index (χ1) is 11.5. The van der Waals surface area contributed by atoms with Gasteiger partial charge in [0.15, 0.2) is 0 Å². The van der Waals surface area contributed by atoms with Gasteiger partial charge in [0.2, 0.25) is 5.91 Å². The summed E-state index contributed by atoms with van der Waals surface area (Å²) in [5.74, 6) is 0.294. The lowest BCUT2D eigenvalue weighted by Crippen LogP contribution is -2.23. The Morgan fingerprint density at radius 1 is 1.25 bits per heavy atom. The zero-order valence-electron chi connectivity index (χ0n) is 13.9. The predicted molar refractivity (Wildman–Crippen MR) is 91.6 cm³/mol. The van der Waals surface area contributed by atoms with Crippen LogP contribution in [0, 0.1) is 5.92 Å². The van der Waals surface area contributed by atoms with Gasteiger partial charge in [0, 0.05) is 29.8 Å². The third kappa shape index (κ3) is 4.01. The van der Waals surface area contributed by atoms with Gasteiger partial charge in [-0.2, -0.15) is 5.10 Å². The molecular formula is C18H22N4O2. The van der Waals surface area contributed by atoms with Crippen LogP contribution < -0.4 is 10.6 Å². The molecule has 0 aliphatic heterocycles. The largest absolute Gasteiger partial charge is 0.347 e. The van der Waals surface area contributed by atoms with Gasteiger partial charge in [-0.3, -0.25) is 14.7 Å². The molecule has 1 heterocycles. The van der Waals surface area contributed by atoms with E-state index in [1.165, 1.54) is 12.8 Å². The summed E-state index contributed by atoms with van der Waals surface area (Å²) in [5, 5.41) is 12.7. The molecule has 0 saturated heterocycles. The van der Waals surface area contributed by atoms with E-state index in [0.29, 0.717) is 18.2 Å². The number of nitrogens with one attached hydrogen (secondary N) is 3. The van der Waals surface area contributed by atoms with Gasteiger partial charge in [0.05, 0.1) is 0 Å². The fourth-order valence-electron chi connectivity index (χ4n) is 2.32. The van der Waals surface area contributed by atoms with Crippen LogP contribution in [0.2, 0.25) is 0 Å². The van der Waals surface area contributed by atoms with Crippen LogP contribution in [0.15, 0.2) is 30.3 Å². The molecule has 24 heavy (non-hydrogen) atoms. The van der Waals surface area contributed by atoms with Crippen LogP contribution in [0.5, 0.6) is 0 Å². The molecule has 2 amide bonds. The van der Waals surface area contributed by atoms with Crippen LogP contribution in [0.25, 0.3) is 0 Å². The summed E-state index contributed by atoms with van der Waals surface area (Å²) in [5.41, 5.74) is 3.19. The second kappa shape index (κ2) is 6.86. The summed E-state index contributed by atoms with van der Waals surface area (Å²) >= 11 is 0. The minimum Gasteiger partial charge on any atom is -0.347 e. The summed E-state index contributed by atoms with van der Waals surface area (Å²) < 4.78 is 0. The number of amides is 2. The number of H-pyrrole nitrogens is 1. The fraction of sp³-hybridized carbons (Fsp3) is 0.389. The lowest BCUT2D eigenvalue weighted by Gasteiger charge is -2.09. The van der Waals surface area contributed by atoms with Crippen molar-refractivity contribution in [1.82, 2.24) is 15.5 Å². The van der Waals surface area contributed by atoms with Gasteiger partial charge in [0.1, 0.15) is 5.69 Å². The third-order valence-electron chi connectivity index (χ3n) is 4.05. The van der Waals surface area contributed by atoms with Crippen molar-refractivity contribution >= 4 is 17.5 Å². The van der Waals surface area contributed by atoms with Crippen LogP contribution >= 0.6 is 0 Å². The van der Waals surface area contributed by atoms with Crippen molar-refractivity contribution in [2.24, 2.45) is 5.92 Å². The molecule has 1 saturated carbocycles. The van der Waals surface area contributed by atoms with Crippen molar-refractivity contribution in [3.05, 3.63) is 47.3 Å². The predicted octanol–water partition coefficient (Wildman–Crippen LogP) is 2.81. The number of nitrogens with zero attached hydrogens (tertiary/aromatic N) is 1. The van der Waals surface area contributed by atoms with E-state index in [1.54, 1.807) is 0 Å². The Morgan fingerprint density at radius 2 is 1.96 bits per heavy atom. The number of carbonyl (C=O) groups excluding carboxylic acids is 2. The van der Waals surface area contributed by atoms with Gasteiger partial charge < -0.3 is 10.6 Å². The molecule has 6 nitrogen and oxygen atoms in total. The Kier molecular flexibility index (Phi) is 4.64. The Morgan fingerprint density at radius 3 is 2.58 bits per heavy atom. The fourth-order valence-corrected chi connectivity index (χ4v) is 2.32. The van der Waals surface area contributed by atoms with Crippen LogP contribution in [0.3, 0.4) is 0 Å². The quantitative estimate of drug-likeness (QED) is 0.763. The van der Waals surface area contributed by atoms with Crippen molar-refractivity contribution in [1.29, 1.82) is 0 Å². The van der Waals surface area contributed by atoms with Crippen molar-refractivity contribution in [2.45, 2.75) is 39.2 Å². The van der Waals surface area contributed by atoms with Crippen LogP contribution in [-0.4, -0.2) is 22.0 Å². The SMILES string of the molecule is CC(C)C(=O)Nc1ccc(CNC(=O)c2cc(C3CC3)[nH]n2)cc1. The number of benzene rings is 1. The highest BCUT2D eigenvalue weighted by Crippen LogP contribution is 2.38. The van der Waals surface area contributed by atoms with Crippen molar-refractivity contribution < 1.29 is 9.59 Å². The average Bonchev–Trinajstić information content (AvgIpc) is 3.31. The van der Waals surface area contributed by atoms with E-state index in [0.717, 1.165) is 16.9 Å². The maximum atomic E-state index is 12.1. The Labute approximate surface area is 141 Å². The molecule has 0 bridgehead atoms. The van der Waals surface area contributed by atoms with Gasteiger partial charge >= 0.3 is 0 Å². The molecule has 0 spiro atoms. The lowest BCUT2D eigenvalue weighted by molar-refractivity contribution is -0.118. The molecule has 1 aliphatic carbocycles. The van der Waals surface area contributed by atoms with Crippen molar-refractivity contribution in [3.63, 3.8) is 0 Å². The molecule has 126 valence electrons. The standard InChI is InChI=1S/C18H22N4O2/c1-11(2)17(23)20-14-7-3-12(4-8-14)10-19-18(24)16-9-15(21-22-16)13-5-6-13/h3-4,7-9,11,13H,5-6,10H2,1-2H3,(H,19,24)(H,20,23)(H,21,22). The normalized spacial score (nSPS) is 13.8. The van der Waals surface area contributed by atoms with E-state index >= 15 is 0 Å². The van der Waals surface area contributed by atoms with Gasteiger partial charge in [-0.05, 0) is 36.6 Å². The first-order valence-corrected chi connectivity index (χ1v) is 8.26. The maximum Gasteiger partial charge on any atom is 0.272 e. The molecule has 1 aliphatic rings. The second-order valence-electron chi connectivity index (χ2n) is 6.51. The van der Waals surface area contributed by atoms with E-state index < -0.39 is 0 Å². The maximum absolute atomic E-state index is 12.1. The molecule has 2 aromatic rings. The van der Waals surface area contributed by atoms with Crippen LogP contribution in [0.4, 0.5) is 5.69 Å². The molecule has 1 aromatic heterocycles. The summed E-state index contributed by atoms with van der Waals surface area (Å²) in [6.07, 6.45) is 2.34. The number of carbonyl (C=O) groups is 2. The van der Waals surface area contributed by atoms with E-state index in [-0.39, 0.29) is 17.7 Å². The van der Waals surface area contributed by atoms with Gasteiger partial charge in [-0.25, -0.2) is 0 Å². The zero-order chi connectivity index (χ0) is 17.1. The van der Waals surface area contributed by atoms with Crippen molar-refractivity contribution in [3.8, 4) is 0 Å². The molecule has 0 atom stereocenters. The second-order valence-corrected chi connectivity index (χ2v) is 6.51.